The summed E-state index contributed by atoms with van der Waals surface area (Å²) in [5.41, 5.74) is 2.61. The van der Waals surface area contributed by atoms with Crippen molar-refractivity contribution in [1.82, 2.24) is 14.9 Å². The first kappa shape index (κ1) is 19.2. The van der Waals surface area contributed by atoms with Gasteiger partial charge < -0.3 is 5.11 Å². The van der Waals surface area contributed by atoms with E-state index in [-0.39, 0.29) is 5.92 Å². The van der Waals surface area contributed by atoms with Crippen LogP contribution in [0, 0.1) is 18.3 Å². The Morgan fingerprint density at radius 2 is 2.32 bits per heavy atom. The van der Waals surface area contributed by atoms with E-state index in [2.05, 4.69) is 22.6 Å². The van der Waals surface area contributed by atoms with E-state index in [1.54, 1.807) is 28.9 Å². The molecule has 1 N–H and O–H groups in total. The second-order valence-corrected chi connectivity index (χ2v) is 7.30. The van der Waals surface area contributed by atoms with Crippen molar-refractivity contribution in [3.8, 4) is 6.07 Å². The van der Waals surface area contributed by atoms with Gasteiger partial charge in [-0.2, -0.15) is 9.84 Å². The monoisotopic (exact) mass is 358 g/mol. The molecule has 25 heavy (non-hydrogen) atoms. The van der Waals surface area contributed by atoms with Crippen LogP contribution in [0.15, 0.2) is 24.4 Å². The number of aliphatic hydroxyl groups excluding tert-OH is 1. The van der Waals surface area contributed by atoms with E-state index < -0.39 is 6.35 Å². The third kappa shape index (κ3) is 4.69. The number of pyridine rings is 1. The molecule has 2 aromatic heterocycles. The first-order valence-electron chi connectivity index (χ1n) is 8.05. The first-order valence-corrected chi connectivity index (χ1v) is 8.87. The van der Waals surface area contributed by atoms with Gasteiger partial charge in [-0.15, -0.1) is 11.3 Å². The summed E-state index contributed by atoms with van der Waals surface area (Å²) < 4.78 is 2.74. The fourth-order valence-electron chi connectivity index (χ4n) is 2.56. The zero-order valence-corrected chi connectivity index (χ0v) is 15.9. The summed E-state index contributed by atoms with van der Waals surface area (Å²) in [4.78, 5) is 10.7. The fourth-order valence-corrected chi connectivity index (χ4v) is 3.66. The van der Waals surface area contributed by atoms with Crippen molar-refractivity contribution in [3.63, 3.8) is 0 Å². The summed E-state index contributed by atoms with van der Waals surface area (Å²) in [6.45, 7) is 8.18. The SMILES string of the molecule is C=C(C)C=[N+](C)C(O)N(C)CCC(C#N)c1nc2c(C)nccc2s1. The predicted molar refractivity (Wildman–Crippen MR) is 101 cm³/mol. The normalized spacial score (nSPS) is 14.5. The van der Waals surface area contributed by atoms with Gasteiger partial charge in [0.1, 0.15) is 17.6 Å². The average Bonchev–Trinajstić information content (AvgIpc) is 2.99. The van der Waals surface area contributed by atoms with E-state index in [1.807, 2.05) is 27.0 Å². The summed E-state index contributed by atoms with van der Waals surface area (Å²) >= 11 is 1.54. The Morgan fingerprint density at radius 3 is 2.92 bits per heavy atom. The topological polar surface area (TPSA) is 76.1 Å². The average molecular weight is 358 g/mol. The van der Waals surface area contributed by atoms with E-state index in [1.165, 1.54) is 11.3 Å². The number of rotatable bonds is 7. The minimum absolute atomic E-state index is 0.304. The zero-order valence-electron chi connectivity index (χ0n) is 15.1. The van der Waals surface area contributed by atoms with E-state index in [9.17, 15) is 10.4 Å². The van der Waals surface area contributed by atoms with Crippen molar-refractivity contribution in [2.75, 3.05) is 20.6 Å². The molecule has 0 aliphatic rings. The van der Waals surface area contributed by atoms with Crippen LogP contribution in [0.3, 0.4) is 0 Å². The molecule has 2 aromatic rings. The number of hydrogen-bond donors (Lipinski definition) is 1. The molecule has 0 spiro atoms. The van der Waals surface area contributed by atoms with Crippen LogP contribution in [0.5, 0.6) is 0 Å². The summed E-state index contributed by atoms with van der Waals surface area (Å²) in [6.07, 6.45) is 3.38. The molecule has 7 heteroatoms. The molecule has 0 saturated carbocycles. The van der Waals surface area contributed by atoms with E-state index in [0.29, 0.717) is 13.0 Å². The van der Waals surface area contributed by atoms with Crippen molar-refractivity contribution in [3.05, 3.63) is 35.1 Å². The Morgan fingerprint density at radius 1 is 1.60 bits per heavy atom. The predicted octanol–water partition coefficient (Wildman–Crippen LogP) is 2.49. The Kier molecular flexibility index (Phi) is 6.37. The molecule has 0 saturated heterocycles. The van der Waals surface area contributed by atoms with Crippen LogP contribution in [0.25, 0.3) is 10.2 Å². The van der Waals surface area contributed by atoms with Crippen molar-refractivity contribution in [2.45, 2.75) is 32.5 Å². The van der Waals surface area contributed by atoms with Crippen LogP contribution in [0.4, 0.5) is 0 Å². The number of thiazole rings is 1. The van der Waals surface area contributed by atoms with Gasteiger partial charge in [-0.05, 0) is 33.4 Å². The number of fused-ring (bicyclic) bond motifs is 1. The van der Waals surface area contributed by atoms with Gasteiger partial charge in [-0.25, -0.2) is 9.88 Å². The Balaban J connectivity index is 2.08. The molecule has 2 rings (SSSR count). The van der Waals surface area contributed by atoms with E-state index in [4.69, 9.17) is 0 Å². The summed E-state index contributed by atoms with van der Waals surface area (Å²) in [5, 5.41) is 20.7. The van der Waals surface area contributed by atoms with Crippen LogP contribution in [0.2, 0.25) is 0 Å². The maximum atomic E-state index is 10.3. The van der Waals surface area contributed by atoms with Gasteiger partial charge in [0.2, 0.25) is 0 Å². The standard InChI is InChI=1S/C18H24N5OS/c1-12(2)11-23(5)18(24)22(4)9-7-14(10-19)17-21-16-13(3)20-8-6-15(16)25-17/h6,8,11,14,18,24H,1,7,9H2,2-5H3/q+1. The highest BCUT2D eigenvalue weighted by Crippen LogP contribution is 2.30. The number of nitrogens with zero attached hydrogens (tertiary/aromatic N) is 5. The molecule has 0 amide bonds. The third-order valence-electron chi connectivity index (χ3n) is 3.91. The van der Waals surface area contributed by atoms with Gasteiger partial charge in [0.15, 0.2) is 6.21 Å². The lowest BCUT2D eigenvalue weighted by molar-refractivity contribution is -0.608. The van der Waals surface area contributed by atoms with Crippen LogP contribution < -0.4 is 0 Å². The zero-order chi connectivity index (χ0) is 18.6. The highest BCUT2D eigenvalue weighted by atomic mass is 32.1. The molecular formula is C18H24N5OS+. The van der Waals surface area contributed by atoms with Crippen molar-refractivity contribution in [1.29, 1.82) is 5.26 Å². The van der Waals surface area contributed by atoms with Gasteiger partial charge >= 0.3 is 6.35 Å². The third-order valence-corrected chi connectivity index (χ3v) is 5.05. The number of aliphatic hydroxyl groups is 1. The molecule has 2 heterocycles. The summed E-state index contributed by atoms with van der Waals surface area (Å²) in [5.74, 6) is -0.304. The number of nitriles is 1. The molecule has 2 unspecified atom stereocenters. The van der Waals surface area contributed by atoms with Gasteiger partial charge in [0.05, 0.1) is 22.4 Å². The van der Waals surface area contributed by atoms with Crippen LogP contribution >= 0.6 is 11.3 Å². The van der Waals surface area contributed by atoms with Gasteiger partial charge in [-0.1, -0.05) is 6.58 Å². The van der Waals surface area contributed by atoms with Gasteiger partial charge in [0.25, 0.3) is 0 Å². The molecule has 6 nitrogen and oxygen atoms in total. The molecule has 2 atom stereocenters. The summed E-state index contributed by atoms with van der Waals surface area (Å²) in [7, 11) is 3.62. The van der Waals surface area contributed by atoms with Crippen molar-refractivity contribution >= 4 is 27.8 Å². The van der Waals surface area contributed by atoms with E-state index >= 15 is 0 Å². The first-order chi connectivity index (χ1) is 11.8. The second-order valence-electron chi connectivity index (χ2n) is 6.23. The quantitative estimate of drug-likeness (QED) is 0.467. The highest BCUT2D eigenvalue weighted by Gasteiger charge is 2.22. The minimum atomic E-state index is -0.766. The second kappa shape index (κ2) is 8.30. The van der Waals surface area contributed by atoms with Crippen molar-refractivity contribution in [2.24, 2.45) is 0 Å². The lowest BCUT2D eigenvalue weighted by atomic mass is 10.1. The lowest BCUT2D eigenvalue weighted by Crippen LogP contribution is -2.41. The molecule has 0 aliphatic carbocycles. The molecule has 0 aliphatic heterocycles. The smallest absolute Gasteiger partial charge is 0.318 e. The number of aryl methyl sites for hydroxylation is 1. The van der Waals surface area contributed by atoms with Crippen LogP contribution in [-0.4, -0.2) is 57.8 Å². The van der Waals surface area contributed by atoms with Crippen molar-refractivity contribution < 1.29 is 9.68 Å². The minimum Gasteiger partial charge on any atom is -0.324 e. The van der Waals surface area contributed by atoms with Crippen LogP contribution in [0.1, 0.15) is 30.0 Å². The van der Waals surface area contributed by atoms with Gasteiger partial charge in [0, 0.05) is 18.3 Å². The Bertz CT molecular complexity index is 836. The molecule has 0 bridgehead atoms. The number of aromatic nitrogens is 2. The molecular weight excluding hydrogens is 334 g/mol. The number of hydrogen-bond acceptors (Lipinski definition) is 6. The molecule has 0 fully saturated rings. The molecule has 132 valence electrons. The largest absolute Gasteiger partial charge is 0.324 e. The maximum Gasteiger partial charge on any atom is 0.318 e. The maximum absolute atomic E-state index is 10.3. The Labute approximate surface area is 152 Å². The molecule has 0 aromatic carbocycles. The lowest BCUT2D eigenvalue weighted by Gasteiger charge is -2.20. The fraction of sp³-hybridized carbons (Fsp3) is 0.444. The Hall–Kier alpha value is -2.14. The van der Waals surface area contributed by atoms with E-state index in [0.717, 1.165) is 26.5 Å². The van der Waals surface area contributed by atoms with Crippen LogP contribution in [-0.2, 0) is 0 Å². The molecule has 0 radical (unpaired) electrons. The highest BCUT2D eigenvalue weighted by molar-refractivity contribution is 7.18. The van der Waals surface area contributed by atoms with Gasteiger partial charge in [-0.3, -0.25) is 4.98 Å². The summed E-state index contributed by atoms with van der Waals surface area (Å²) in [6, 6.07) is 4.26. The number of allylic oxidation sites excluding steroid dienone is 1.